The summed E-state index contributed by atoms with van der Waals surface area (Å²) in [6.45, 7) is 0. The lowest BCUT2D eigenvalue weighted by Crippen LogP contribution is -2.28. The van der Waals surface area contributed by atoms with Crippen molar-refractivity contribution in [1.29, 1.82) is 0 Å². The van der Waals surface area contributed by atoms with Crippen LogP contribution in [0.15, 0.2) is 36.4 Å². The summed E-state index contributed by atoms with van der Waals surface area (Å²) in [6, 6.07) is 11.9. The average Bonchev–Trinajstić information content (AvgIpc) is 3.13. The highest BCUT2D eigenvalue weighted by molar-refractivity contribution is 7.16. The molecule has 0 saturated heterocycles. The number of thiophene rings is 1. The number of nitrogens with one attached hydrogen (secondary N) is 1. The molecule has 1 unspecified atom stereocenters. The van der Waals surface area contributed by atoms with Crippen LogP contribution in [0.3, 0.4) is 0 Å². The maximum absolute atomic E-state index is 5.97. The van der Waals surface area contributed by atoms with Gasteiger partial charge in [-0.05, 0) is 42.7 Å². The van der Waals surface area contributed by atoms with Crippen molar-refractivity contribution in [2.45, 2.75) is 25.0 Å². The molecule has 1 fully saturated rings. The molecule has 0 radical (unpaired) electrons. The van der Waals surface area contributed by atoms with Crippen molar-refractivity contribution in [2.24, 2.45) is 5.84 Å². The number of benzene rings is 1. The van der Waals surface area contributed by atoms with Crippen molar-refractivity contribution >= 4 is 22.9 Å². The van der Waals surface area contributed by atoms with E-state index in [2.05, 4.69) is 5.43 Å². The van der Waals surface area contributed by atoms with Crippen LogP contribution in [0.25, 0.3) is 0 Å². The van der Waals surface area contributed by atoms with Crippen molar-refractivity contribution in [3.05, 3.63) is 51.2 Å². The molecule has 0 aliphatic heterocycles. The molecule has 2 aromatic rings. The van der Waals surface area contributed by atoms with Crippen LogP contribution in [-0.2, 0) is 0 Å². The molecule has 0 spiro atoms. The summed E-state index contributed by atoms with van der Waals surface area (Å²) in [5, 5.41) is 0. The van der Waals surface area contributed by atoms with Crippen LogP contribution < -0.4 is 16.0 Å². The molecule has 3 rings (SSSR count). The third-order valence-corrected chi connectivity index (χ3v) is 4.38. The van der Waals surface area contributed by atoms with Gasteiger partial charge in [0.2, 0.25) is 0 Å². The topological polar surface area (TPSA) is 47.3 Å². The Morgan fingerprint density at radius 3 is 2.47 bits per heavy atom. The average molecular weight is 295 g/mol. The molecule has 0 bridgehead atoms. The Morgan fingerprint density at radius 1 is 1.21 bits per heavy atom. The Kier molecular flexibility index (Phi) is 3.75. The molecular weight excluding hydrogens is 280 g/mol. The van der Waals surface area contributed by atoms with E-state index in [1.807, 2.05) is 36.4 Å². The Morgan fingerprint density at radius 2 is 1.95 bits per heavy atom. The molecule has 1 aliphatic rings. The van der Waals surface area contributed by atoms with Crippen LogP contribution >= 0.6 is 22.9 Å². The summed E-state index contributed by atoms with van der Waals surface area (Å²) in [5.74, 6) is 6.58. The fourth-order valence-corrected chi connectivity index (χ4v) is 3.09. The van der Waals surface area contributed by atoms with Gasteiger partial charge in [0.05, 0.1) is 16.5 Å². The molecule has 1 aromatic carbocycles. The quantitative estimate of drug-likeness (QED) is 0.655. The lowest BCUT2D eigenvalue weighted by molar-refractivity contribution is 0.303. The number of rotatable bonds is 5. The molecule has 1 aliphatic carbocycles. The van der Waals surface area contributed by atoms with Crippen LogP contribution in [0, 0.1) is 0 Å². The highest BCUT2D eigenvalue weighted by Gasteiger charge is 2.23. The van der Waals surface area contributed by atoms with Gasteiger partial charge in [0.1, 0.15) is 5.75 Å². The second kappa shape index (κ2) is 5.51. The molecule has 1 aromatic heterocycles. The fraction of sp³-hybridized carbons (Fsp3) is 0.286. The number of ether oxygens (including phenoxy) is 1. The molecule has 0 amide bonds. The zero-order chi connectivity index (χ0) is 13.2. The number of halogens is 1. The van der Waals surface area contributed by atoms with Gasteiger partial charge in [-0.25, -0.2) is 5.43 Å². The number of hydrogen-bond donors (Lipinski definition) is 2. The first-order chi connectivity index (χ1) is 9.26. The minimum Gasteiger partial charge on any atom is -0.490 e. The SMILES string of the molecule is NNC(c1ccc(OC2CC2)cc1)c1ccc(Cl)s1. The Bertz CT molecular complexity index is 551. The number of hydrazine groups is 1. The molecule has 3 nitrogen and oxygen atoms in total. The van der Waals surface area contributed by atoms with Crippen molar-refractivity contribution in [1.82, 2.24) is 5.43 Å². The van der Waals surface area contributed by atoms with Gasteiger partial charge in [-0.3, -0.25) is 5.84 Å². The normalized spacial score (nSPS) is 16.3. The van der Waals surface area contributed by atoms with Crippen molar-refractivity contribution in [3.8, 4) is 5.75 Å². The van der Waals surface area contributed by atoms with Gasteiger partial charge in [0, 0.05) is 4.88 Å². The molecular formula is C14H15ClN2OS. The van der Waals surface area contributed by atoms with E-state index in [0.717, 1.165) is 20.5 Å². The Hall–Kier alpha value is -1.07. The summed E-state index contributed by atoms with van der Waals surface area (Å²) < 4.78 is 6.50. The highest BCUT2D eigenvalue weighted by atomic mass is 35.5. The van der Waals surface area contributed by atoms with E-state index in [0.29, 0.717) is 6.10 Å². The molecule has 1 heterocycles. The van der Waals surface area contributed by atoms with Crippen LogP contribution in [0.1, 0.15) is 29.3 Å². The molecule has 1 atom stereocenters. The second-order valence-corrected chi connectivity index (χ2v) is 6.37. The van der Waals surface area contributed by atoms with Gasteiger partial charge in [-0.2, -0.15) is 0 Å². The standard InChI is InChI=1S/C14H15ClN2OS/c15-13-8-7-12(19-13)14(17-16)9-1-3-10(4-2-9)18-11-5-6-11/h1-4,7-8,11,14,17H,5-6,16H2. The molecule has 5 heteroatoms. The van der Waals surface area contributed by atoms with E-state index >= 15 is 0 Å². The smallest absolute Gasteiger partial charge is 0.119 e. The lowest BCUT2D eigenvalue weighted by atomic mass is 10.1. The fourth-order valence-electron chi connectivity index (χ4n) is 1.94. The zero-order valence-electron chi connectivity index (χ0n) is 10.3. The van der Waals surface area contributed by atoms with E-state index in [1.54, 1.807) is 0 Å². The number of hydrogen-bond acceptors (Lipinski definition) is 4. The van der Waals surface area contributed by atoms with E-state index in [9.17, 15) is 0 Å². The Labute approximate surface area is 121 Å². The van der Waals surface area contributed by atoms with Gasteiger partial charge in [0.25, 0.3) is 0 Å². The maximum atomic E-state index is 5.97. The molecule has 1 saturated carbocycles. The van der Waals surface area contributed by atoms with E-state index in [1.165, 1.54) is 24.2 Å². The Balaban J connectivity index is 1.78. The minimum absolute atomic E-state index is 0.0347. The van der Waals surface area contributed by atoms with Gasteiger partial charge in [-0.1, -0.05) is 23.7 Å². The lowest BCUT2D eigenvalue weighted by Gasteiger charge is -2.15. The third-order valence-electron chi connectivity index (χ3n) is 3.09. The third kappa shape index (κ3) is 3.09. The van der Waals surface area contributed by atoms with Crippen LogP contribution in [-0.4, -0.2) is 6.10 Å². The van der Waals surface area contributed by atoms with Gasteiger partial charge in [-0.15, -0.1) is 11.3 Å². The summed E-state index contributed by atoms with van der Waals surface area (Å²) in [4.78, 5) is 1.10. The van der Waals surface area contributed by atoms with Crippen molar-refractivity contribution in [3.63, 3.8) is 0 Å². The maximum Gasteiger partial charge on any atom is 0.119 e. The largest absolute Gasteiger partial charge is 0.490 e. The van der Waals surface area contributed by atoms with E-state index in [-0.39, 0.29) is 6.04 Å². The molecule has 3 N–H and O–H groups in total. The first-order valence-corrected chi connectivity index (χ1v) is 7.43. The van der Waals surface area contributed by atoms with Crippen LogP contribution in [0.4, 0.5) is 0 Å². The molecule has 19 heavy (non-hydrogen) atoms. The van der Waals surface area contributed by atoms with Crippen molar-refractivity contribution < 1.29 is 4.74 Å². The van der Waals surface area contributed by atoms with E-state index in [4.69, 9.17) is 22.2 Å². The van der Waals surface area contributed by atoms with Crippen LogP contribution in [0.2, 0.25) is 4.34 Å². The predicted molar refractivity (Wildman–Crippen MR) is 78.6 cm³/mol. The second-order valence-electron chi connectivity index (χ2n) is 4.63. The predicted octanol–water partition coefficient (Wildman–Crippen LogP) is 3.50. The van der Waals surface area contributed by atoms with Gasteiger partial charge in [0.15, 0.2) is 0 Å². The number of nitrogens with two attached hydrogens (primary N) is 1. The van der Waals surface area contributed by atoms with Crippen molar-refractivity contribution in [2.75, 3.05) is 0 Å². The summed E-state index contributed by atoms with van der Waals surface area (Å²) >= 11 is 7.50. The van der Waals surface area contributed by atoms with E-state index < -0.39 is 0 Å². The highest BCUT2D eigenvalue weighted by Crippen LogP contribution is 2.32. The molecule has 100 valence electrons. The summed E-state index contributed by atoms with van der Waals surface area (Å²) in [5.41, 5.74) is 3.93. The minimum atomic E-state index is -0.0347. The monoisotopic (exact) mass is 294 g/mol. The first kappa shape index (κ1) is 12.9. The zero-order valence-corrected chi connectivity index (χ0v) is 11.9. The first-order valence-electron chi connectivity index (χ1n) is 6.24. The van der Waals surface area contributed by atoms with Gasteiger partial charge >= 0.3 is 0 Å². The summed E-state index contributed by atoms with van der Waals surface area (Å²) in [7, 11) is 0. The van der Waals surface area contributed by atoms with Gasteiger partial charge < -0.3 is 4.74 Å². The van der Waals surface area contributed by atoms with Crippen LogP contribution in [0.5, 0.6) is 5.75 Å². The summed E-state index contributed by atoms with van der Waals surface area (Å²) in [6.07, 6.45) is 2.76.